The Morgan fingerprint density at radius 3 is 1.86 bits per heavy atom. The summed E-state index contributed by atoms with van der Waals surface area (Å²) in [6.45, 7) is 0.784. The van der Waals surface area contributed by atoms with Crippen molar-refractivity contribution in [3.63, 3.8) is 0 Å². The van der Waals surface area contributed by atoms with Crippen molar-refractivity contribution in [3.8, 4) is 0 Å². The number of piperidine rings is 1. The van der Waals surface area contributed by atoms with Gasteiger partial charge in [0.1, 0.15) is 6.17 Å². The Bertz CT molecular complexity index is 1260. The maximum absolute atomic E-state index is 13.9. The topological polar surface area (TPSA) is 23.6 Å². The summed E-state index contributed by atoms with van der Waals surface area (Å²) < 4.78 is 0. The van der Waals surface area contributed by atoms with Crippen molar-refractivity contribution in [1.29, 1.82) is 0 Å². The van der Waals surface area contributed by atoms with Gasteiger partial charge in [-0.2, -0.15) is 0 Å². The predicted molar refractivity (Wildman–Crippen MR) is 142 cm³/mol. The van der Waals surface area contributed by atoms with Crippen LogP contribution in [0.4, 0.5) is 11.4 Å². The van der Waals surface area contributed by atoms with Crippen LogP contribution >= 0.6 is 0 Å². The van der Waals surface area contributed by atoms with Gasteiger partial charge in [0.05, 0.1) is 11.3 Å². The Balaban J connectivity index is 1.56. The van der Waals surface area contributed by atoms with Gasteiger partial charge in [0.15, 0.2) is 0 Å². The van der Waals surface area contributed by atoms with Crippen molar-refractivity contribution in [2.75, 3.05) is 11.4 Å². The van der Waals surface area contributed by atoms with E-state index in [1.807, 2.05) is 12.1 Å². The Morgan fingerprint density at radius 2 is 1.23 bits per heavy atom. The standard InChI is InChI=1S/C32H30N2O/c35-30-28-19-10-11-20-29(28)34(27-17-8-3-9-18-27)31-32(21-12-22-33(30)31,23-25-13-4-1-5-14-25)24-26-15-6-2-7-16-26/h1-11,13-20,31H,12,21-24H2. The van der Waals surface area contributed by atoms with E-state index in [0.717, 1.165) is 49.2 Å². The van der Waals surface area contributed by atoms with Gasteiger partial charge >= 0.3 is 0 Å². The van der Waals surface area contributed by atoms with E-state index in [2.05, 4.69) is 113 Å². The average Bonchev–Trinajstić information content (AvgIpc) is 2.91. The summed E-state index contributed by atoms with van der Waals surface area (Å²) in [5.74, 6) is 0.156. The van der Waals surface area contributed by atoms with Gasteiger partial charge in [-0.3, -0.25) is 4.79 Å². The van der Waals surface area contributed by atoms with Crippen LogP contribution < -0.4 is 4.90 Å². The number of rotatable bonds is 5. The van der Waals surface area contributed by atoms with Crippen molar-refractivity contribution in [3.05, 3.63) is 132 Å². The highest BCUT2D eigenvalue weighted by Gasteiger charge is 2.52. The second kappa shape index (κ2) is 9.07. The van der Waals surface area contributed by atoms with Crippen LogP contribution in [0.15, 0.2) is 115 Å². The molecule has 0 bridgehead atoms. The van der Waals surface area contributed by atoms with Gasteiger partial charge in [-0.1, -0.05) is 91.0 Å². The molecule has 1 unspecified atom stereocenters. The molecule has 0 aromatic heterocycles. The zero-order valence-corrected chi connectivity index (χ0v) is 19.9. The molecule has 1 fully saturated rings. The molecule has 1 atom stereocenters. The number of carbonyl (C=O) groups excluding carboxylic acids is 1. The van der Waals surface area contributed by atoms with Crippen LogP contribution in [-0.2, 0) is 12.8 Å². The first-order chi connectivity index (χ1) is 17.3. The van der Waals surface area contributed by atoms with Gasteiger partial charge in [-0.15, -0.1) is 0 Å². The predicted octanol–water partition coefficient (Wildman–Crippen LogP) is 6.87. The fraction of sp³-hybridized carbons (Fsp3) is 0.219. The number of amides is 1. The van der Waals surface area contributed by atoms with E-state index in [-0.39, 0.29) is 17.5 Å². The number of fused-ring (bicyclic) bond motifs is 2. The van der Waals surface area contributed by atoms with Crippen molar-refractivity contribution >= 4 is 17.3 Å². The number of hydrogen-bond acceptors (Lipinski definition) is 2. The first kappa shape index (κ1) is 21.7. The third kappa shape index (κ3) is 3.91. The second-order valence-corrected chi connectivity index (χ2v) is 9.89. The SMILES string of the molecule is O=C1c2ccccc2N(c2ccccc2)C2N1CCCC2(Cc1ccccc1)Cc1ccccc1. The molecule has 6 rings (SSSR count). The number of nitrogens with zero attached hydrogens (tertiary/aromatic N) is 2. The minimum Gasteiger partial charge on any atom is -0.319 e. The Kier molecular flexibility index (Phi) is 5.61. The van der Waals surface area contributed by atoms with Gasteiger partial charge < -0.3 is 9.80 Å². The highest BCUT2D eigenvalue weighted by atomic mass is 16.2. The van der Waals surface area contributed by atoms with Crippen LogP contribution in [0.2, 0.25) is 0 Å². The smallest absolute Gasteiger partial charge is 0.257 e. The van der Waals surface area contributed by atoms with Crippen LogP contribution in [0.25, 0.3) is 0 Å². The fourth-order valence-corrected chi connectivity index (χ4v) is 6.26. The highest BCUT2D eigenvalue weighted by molar-refractivity contribution is 6.03. The summed E-state index contributed by atoms with van der Waals surface area (Å²) in [5.41, 5.74) is 5.45. The van der Waals surface area contributed by atoms with Crippen LogP contribution in [0.3, 0.4) is 0 Å². The first-order valence-electron chi connectivity index (χ1n) is 12.6. The van der Waals surface area contributed by atoms with Crippen LogP contribution in [0, 0.1) is 5.41 Å². The monoisotopic (exact) mass is 458 g/mol. The quantitative estimate of drug-likeness (QED) is 0.326. The molecule has 35 heavy (non-hydrogen) atoms. The third-order valence-corrected chi connectivity index (χ3v) is 7.65. The Hall–Kier alpha value is -3.85. The molecule has 0 radical (unpaired) electrons. The molecule has 174 valence electrons. The van der Waals surface area contributed by atoms with E-state index in [4.69, 9.17) is 0 Å². The molecular formula is C32H30N2O. The molecule has 2 heterocycles. The van der Waals surface area contributed by atoms with Crippen molar-refractivity contribution < 1.29 is 4.79 Å². The van der Waals surface area contributed by atoms with E-state index in [9.17, 15) is 4.79 Å². The van der Waals surface area contributed by atoms with Gasteiger partial charge in [-0.25, -0.2) is 0 Å². The number of carbonyl (C=O) groups is 1. The normalized spacial score (nSPS) is 18.6. The first-order valence-corrected chi connectivity index (χ1v) is 12.6. The molecule has 2 aliphatic rings. The molecule has 2 aliphatic heterocycles. The highest BCUT2D eigenvalue weighted by Crippen LogP contribution is 2.50. The van der Waals surface area contributed by atoms with Crippen molar-refractivity contribution in [2.24, 2.45) is 5.41 Å². The lowest BCUT2D eigenvalue weighted by Gasteiger charge is -2.57. The number of benzene rings is 4. The van der Waals surface area contributed by atoms with Crippen LogP contribution in [0.5, 0.6) is 0 Å². The molecule has 3 nitrogen and oxygen atoms in total. The number of anilines is 2. The third-order valence-electron chi connectivity index (χ3n) is 7.65. The maximum Gasteiger partial charge on any atom is 0.257 e. The summed E-state index contributed by atoms with van der Waals surface area (Å²) in [5, 5.41) is 0. The maximum atomic E-state index is 13.9. The molecule has 1 amide bonds. The summed E-state index contributed by atoms with van der Waals surface area (Å²) in [6, 6.07) is 40.3. The zero-order valence-electron chi connectivity index (χ0n) is 19.9. The lowest BCUT2D eigenvalue weighted by atomic mass is 9.67. The van der Waals surface area contributed by atoms with Gasteiger partial charge in [0.2, 0.25) is 0 Å². The molecule has 0 N–H and O–H groups in total. The zero-order chi connectivity index (χ0) is 23.7. The van der Waals surface area contributed by atoms with Crippen LogP contribution in [0.1, 0.15) is 34.3 Å². The van der Waals surface area contributed by atoms with E-state index < -0.39 is 0 Å². The molecule has 0 saturated carbocycles. The summed E-state index contributed by atoms with van der Waals surface area (Å²) in [7, 11) is 0. The minimum absolute atomic E-state index is 0.0681. The van der Waals surface area contributed by atoms with Crippen molar-refractivity contribution in [1.82, 2.24) is 4.90 Å². The molecule has 4 aromatic carbocycles. The molecule has 4 aromatic rings. The summed E-state index contributed by atoms with van der Waals surface area (Å²) in [4.78, 5) is 18.5. The lowest BCUT2D eigenvalue weighted by Crippen LogP contribution is -2.65. The molecule has 0 aliphatic carbocycles. The number of para-hydroxylation sites is 2. The number of hydrogen-bond donors (Lipinski definition) is 0. The van der Waals surface area contributed by atoms with Crippen LogP contribution in [-0.4, -0.2) is 23.5 Å². The second-order valence-electron chi connectivity index (χ2n) is 9.89. The van der Waals surface area contributed by atoms with E-state index in [0.29, 0.717) is 0 Å². The fourth-order valence-electron chi connectivity index (χ4n) is 6.26. The van der Waals surface area contributed by atoms with Gasteiger partial charge in [0, 0.05) is 17.6 Å². The summed E-state index contributed by atoms with van der Waals surface area (Å²) >= 11 is 0. The van der Waals surface area contributed by atoms with E-state index in [1.165, 1.54) is 11.1 Å². The Morgan fingerprint density at radius 1 is 0.686 bits per heavy atom. The van der Waals surface area contributed by atoms with Gasteiger partial charge in [0.25, 0.3) is 5.91 Å². The van der Waals surface area contributed by atoms with Gasteiger partial charge in [-0.05, 0) is 61.1 Å². The largest absolute Gasteiger partial charge is 0.319 e. The minimum atomic E-state index is -0.139. The molecule has 1 saturated heterocycles. The molecule has 0 spiro atoms. The van der Waals surface area contributed by atoms with Crippen molar-refractivity contribution in [2.45, 2.75) is 31.8 Å². The average molecular weight is 459 g/mol. The van der Waals surface area contributed by atoms with E-state index >= 15 is 0 Å². The van der Waals surface area contributed by atoms with E-state index in [1.54, 1.807) is 0 Å². The lowest BCUT2D eigenvalue weighted by molar-refractivity contribution is 0.0116. The molecule has 3 heteroatoms. The summed E-state index contributed by atoms with van der Waals surface area (Å²) in [6.07, 6.45) is 3.84. The Labute approximate surface area is 207 Å². The molecular weight excluding hydrogens is 428 g/mol.